The van der Waals surface area contributed by atoms with Gasteiger partial charge in [-0.25, -0.2) is 4.79 Å². The van der Waals surface area contributed by atoms with Crippen molar-refractivity contribution in [1.29, 1.82) is 0 Å². The third kappa shape index (κ3) is 1350. The van der Waals surface area contributed by atoms with E-state index in [0.29, 0.717) is 0 Å². The van der Waals surface area contributed by atoms with E-state index in [0.717, 1.165) is 0 Å². The van der Waals surface area contributed by atoms with Crippen LogP contribution in [0.25, 0.3) is 0 Å². The topological polar surface area (TPSA) is 135 Å². The van der Waals surface area contributed by atoms with Gasteiger partial charge in [-0.05, 0) is 0 Å². The van der Waals surface area contributed by atoms with E-state index in [1.54, 1.807) is 0 Å². The van der Waals surface area contributed by atoms with Crippen LogP contribution in [0.2, 0.25) is 0 Å². The van der Waals surface area contributed by atoms with Gasteiger partial charge in [-0.2, -0.15) is 0 Å². The maximum atomic E-state index is 9.00. The van der Waals surface area contributed by atoms with Crippen LogP contribution in [0.3, 0.4) is 0 Å². The Morgan fingerprint density at radius 3 is 1.27 bits per heavy atom. The number of halogens is 1. The van der Waals surface area contributed by atoms with Crippen molar-refractivity contribution in [3.8, 4) is 0 Å². The molecule has 0 aromatic heterocycles. The van der Waals surface area contributed by atoms with Crippen LogP contribution < -0.4 is 23.9 Å². The zero-order valence-corrected chi connectivity index (χ0v) is 9.91. The zero-order chi connectivity index (χ0) is 7.15. The van der Waals surface area contributed by atoms with Crippen LogP contribution in [0, 0.1) is 15.3 Å². The summed E-state index contributed by atoms with van der Waals surface area (Å²) in [7, 11) is 0. The van der Waals surface area contributed by atoms with Gasteiger partial charge in [-0.1, -0.05) is 0 Å². The standard InChI is InChI=1S/CH4N2O.Ca.ClH.Mg.NO3/c2-1(3)4;;;;2-1(3)4/h(H4,2,3,4);;1H;;/q;+2;;+2;-1/p-1. The normalized spacial score (nSPS) is 4.36. The first kappa shape index (κ1) is 29.8. The van der Waals surface area contributed by atoms with E-state index >= 15 is 0 Å². The molecule has 10 heteroatoms. The van der Waals surface area contributed by atoms with E-state index in [9.17, 15) is 0 Å². The van der Waals surface area contributed by atoms with E-state index in [1.807, 2.05) is 0 Å². The molecular formula is CH4CaClMgN3O4+2. The van der Waals surface area contributed by atoms with Crippen LogP contribution in [0.1, 0.15) is 0 Å². The summed E-state index contributed by atoms with van der Waals surface area (Å²) in [4.78, 5) is 17.2. The molecule has 2 amide bonds. The van der Waals surface area contributed by atoms with Crippen molar-refractivity contribution in [2.75, 3.05) is 0 Å². The zero-order valence-electron chi connectivity index (χ0n) is 5.53. The Morgan fingerprint density at radius 2 is 1.27 bits per heavy atom. The molecule has 0 aliphatic heterocycles. The Kier molecular flexibility index (Phi) is 60.7. The Labute approximate surface area is 115 Å². The van der Waals surface area contributed by atoms with Gasteiger partial charge in [0.05, 0.1) is 5.09 Å². The fourth-order valence-corrected chi connectivity index (χ4v) is 0. The molecule has 0 spiro atoms. The molecule has 7 nitrogen and oxygen atoms in total. The Morgan fingerprint density at radius 1 is 1.27 bits per heavy atom. The molecule has 11 heavy (non-hydrogen) atoms. The Bertz CT molecular complexity index is 83.3. The van der Waals surface area contributed by atoms with Crippen LogP contribution in [-0.2, 0) is 0 Å². The first-order valence-corrected chi connectivity index (χ1v) is 1.33. The molecule has 0 saturated heterocycles. The van der Waals surface area contributed by atoms with Gasteiger partial charge < -0.3 is 39.2 Å². The summed E-state index contributed by atoms with van der Waals surface area (Å²) in [5, 5.41) is 14.8. The Balaban J connectivity index is -0.0000000171. The number of amides is 2. The van der Waals surface area contributed by atoms with E-state index < -0.39 is 11.1 Å². The van der Waals surface area contributed by atoms with Gasteiger partial charge in [0.15, 0.2) is 0 Å². The number of nitrogens with two attached hydrogens (primary N) is 2. The SMILES string of the molecule is NC(N)=O.O=[N+]([O-])[O-].[Ca+2].[Cl-].[Mg+2]. The van der Waals surface area contributed by atoms with Crippen LogP contribution in [0.5, 0.6) is 0 Å². The van der Waals surface area contributed by atoms with Crippen LogP contribution >= 0.6 is 0 Å². The number of nitrogens with zero attached hydrogens (tertiary/aromatic N) is 1. The van der Waals surface area contributed by atoms with Crippen molar-refractivity contribution < 1.29 is 22.3 Å². The summed E-state index contributed by atoms with van der Waals surface area (Å²) in [6.07, 6.45) is 0. The van der Waals surface area contributed by atoms with E-state index in [2.05, 4.69) is 11.5 Å². The van der Waals surface area contributed by atoms with Crippen LogP contribution in [0.15, 0.2) is 0 Å². The number of hydrogen-bond acceptors (Lipinski definition) is 4. The predicted octanol–water partition coefficient (Wildman–Crippen LogP) is -4.97. The summed E-state index contributed by atoms with van der Waals surface area (Å²) in [6, 6.07) is -0.833. The summed E-state index contributed by atoms with van der Waals surface area (Å²) in [6.45, 7) is 0. The van der Waals surface area contributed by atoms with Gasteiger partial charge in [0.25, 0.3) is 0 Å². The number of carbonyl (C=O) groups is 1. The third-order valence-corrected chi connectivity index (χ3v) is 0. The molecule has 56 valence electrons. The Hall–Kier alpha value is 0.786. The van der Waals surface area contributed by atoms with Crippen molar-refractivity contribution in [3.05, 3.63) is 15.3 Å². The average Bonchev–Trinajstić information content (AvgIpc) is 1.25. The van der Waals surface area contributed by atoms with Crippen molar-refractivity contribution in [2.24, 2.45) is 11.5 Å². The van der Waals surface area contributed by atoms with E-state index in [-0.39, 0.29) is 73.2 Å². The number of hydrogen-bond donors (Lipinski definition) is 2. The van der Waals surface area contributed by atoms with Crippen LogP contribution in [-0.4, -0.2) is 71.9 Å². The number of carbonyl (C=O) groups excluding carboxylic acids is 1. The summed E-state index contributed by atoms with van der Waals surface area (Å²) in [5.74, 6) is 0. The average molecular weight is 222 g/mol. The molecule has 0 aliphatic rings. The predicted molar refractivity (Wildman–Crippen MR) is 35.6 cm³/mol. The van der Waals surface area contributed by atoms with Gasteiger partial charge in [-0.15, -0.1) is 0 Å². The molecule has 0 aliphatic carbocycles. The fraction of sp³-hybridized carbons (Fsp3) is 0. The quantitative estimate of drug-likeness (QED) is 0.241. The van der Waals surface area contributed by atoms with E-state index in [4.69, 9.17) is 20.1 Å². The third-order valence-electron chi connectivity index (χ3n) is 0. The fourth-order valence-electron chi connectivity index (χ4n) is 0. The smallest absolute Gasteiger partial charge is 1.00 e. The second kappa shape index (κ2) is 22.4. The second-order valence-corrected chi connectivity index (χ2v) is 0.626. The minimum absolute atomic E-state index is 0. The van der Waals surface area contributed by atoms with Gasteiger partial charge in [0.2, 0.25) is 0 Å². The molecule has 0 heterocycles. The molecule has 0 radical (unpaired) electrons. The molecule has 0 bridgehead atoms. The number of urea groups is 1. The molecule has 4 N–H and O–H groups in total. The molecule has 0 aromatic carbocycles. The molecule has 0 rings (SSSR count). The van der Waals surface area contributed by atoms with Crippen LogP contribution in [0.4, 0.5) is 4.79 Å². The monoisotopic (exact) mass is 221 g/mol. The minimum Gasteiger partial charge on any atom is -1.00 e. The molecule has 0 saturated carbocycles. The maximum absolute atomic E-state index is 9.00. The van der Waals surface area contributed by atoms with Gasteiger partial charge in [0, 0.05) is 0 Å². The second-order valence-electron chi connectivity index (χ2n) is 0.626. The van der Waals surface area contributed by atoms with Crippen molar-refractivity contribution in [1.82, 2.24) is 0 Å². The summed E-state index contributed by atoms with van der Waals surface area (Å²) >= 11 is 0. The molecule has 0 unspecified atom stereocenters. The molecular weight excluding hydrogens is 218 g/mol. The van der Waals surface area contributed by atoms with Crippen molar-refractivity contribution >= 4 is 66.8 Å². The molecule has 0 atom stereocenters. The number of primary amides is 2. The summed E-state index contributed by atoms with van der Waals surface area (Å²) in [5.41, 5.74) is 8.50. The maximum Gasteiger partial charge on any atom is 2.00 e. The largest absolute Gasteiger partial charge is 2.00 e. The molecule has 0 fully saturated rings. The van der Waals surface area contributed by atoms with E-state index in [1.165, 1.54) is 0 Å². The molecule has 0 aromatic rings. The minimum atomic E-state index is -1.75. The summed E-state index contributed by atoms with van der Waals surface area (Å²) < 4.78 is 0. The van der Waals surface area contributed by atoms with Gasteiger partial charge in [0.1, 0.15) is 0 Å². The van der Waals surface area contributed by atoms with Gasteiger partial charge >= 0.3 is 66.8 Å². The van der Waals surface area contributed by atoms with Crippen molar-refractivity contribution in [3.63, 3.8) is 0 Å². The first-order valence-electron chi connectivity index (χ1n) is 1.33. The first-order chi connectivity index (χ1) is 3.46. The number of rotatable bonds is 0. The van der Waals surface area contributed by atoms with Gasteiger partial charge in [-0.3, -0.25) is 0 Å². The van der Waals surface area contributed by atoms with Crippen molar-refractivity contribution in [2.45, 2.75) is 0 Å².